The molecular formula is C24H31N5O. The Balaban J connectivity index is 1.37. The van der Waals surface area contributed by atoms with Gasteiger partial charge < -0.3 is 15.1 Å². The van der Waals surface area contributed by atoms with Crippen LogP contribution in [0.15, 0.2) is 53.9 Å². The van der Waals surface area contributed by atoms with Crippen molar-refractivity contribution in [1.29, 1.82) is 0 Å². The standard InChI is InChI=1S/C24H31N5O/c1-18-22(23(19-8-4-2-5-9-19)29-21(26-18)12-13-25-29)24(30)28-16-14-27(15-17-28)20-10-6-3-7-11-20/h3,6-7,10-13,19,23,26H,2,4-5,8-9,14-17H2,1H3. The topological polar surface area (TPSA) is 53.4 Å². The molecule has 1 aromatic carbocycles. The van der Waals surface area contributed by atoms with Gasteiger partial charge in [0.25, 0.3) is 5.91 Å². The average molecular weight is 406 g/mol. The van der Waals surface area contributed by atoms with Crippen LogP contribution >= 0.6 is 0 Å². The van der Waals surface area contributed by atoms with Crippen molar-refractivity contribution in [2.24, 2.45) is 5.92 Å². The Morgan fingerprint density at radius 3 is 2.47 bits per heavy atom. The number of anilines is 2. The second kappa shape index (κ2) is 8.17. The number of hydrogen-bond acceptors (Lipinski definition) is 4. The SMILES string of the molecule is CC1=C(C(=O)N2CCN(c3ccccc3)CC2)C(C2CCCCC2)n2nccc2N1. The number of carbonyl (C=O) groups excluding carboxylic acids is 1. The molecule has 0 bridgehead atoms. The van der Waals surface area contributed by atoms with Crippen molar-refractivity contribution in [3.63, 3.8) is 0 Å². The molecule has 1 unspecified atom stereocenters. The van der Waals surface area contributed by atoms with Crippen molar-refractivity contribution >= 4 is 17.4 Å². The summed E-state index contributed by atoms with van der Waals surface area (Å²) in [7, 11) is 0. The quantitative estimate of drug-likeness (QED) is 0.837. The van der Waals surface area contributed by atoms with E-state index in [1.807, 2.05) is 23.2 Å². The minimum atomic E-state index is 0.0520. The van der Waals surface area contributed by atoms with Gasteiger partial charge in [-0.25, -0.2) is 4.68 Å². The molecule has 1 N–H and O–H groups in total. The first-order chi connectivity index (χ1) is 14.7. The van der Waals surface area contributed by atoms with Crippen LogP contribution in [0.25, 0.3) is 0 Å². The molecule has 1 atom stereocenters. The predicted molar refractivity (Wildman–Crippen MR) is 119 cm³/mol. The molecule has 6 heteroatoms. The number of benzene rings is 1. The van der Waals surface area contributed by atoms with Crippen molar-refractivity contribution in [3.8, 4) is 0 Å². The number of para-hydroxylation sites is 1. The van der Waals surface area contributed by atoms with Crippen LogP contribution in [-0.4, -0.2) is 46.8 Å². The Morgan fingerprint density at radius 2 is 1.73 bits per heavy atom. The molecule has 5 rings (SSSR count). The first kappa shape index (κ1) is 19.2. The van der Waals surface area contributed by atoms with E-state index in [-0.39, 0.29) is 11.9 Å². The van der Waals surface area contributed by atoms with Gasteiger partial charge in [-0.3, -0.25) is 4.79 Å². The fraction of sp³-hybridized carbons (Fsp3) is 0.500. The minimum Gasteiger partial charge on any atom is -0.368 e. The van der Waals surface area contributed by atoms with Gasteiger partial charge in [0.2, 0.25) is 0 Å². The molecule has 3 heterocycles. The number of aromatic nitrogens is 2. The van der Waals surface area contributed by atoms with Crippen molar-refractivity contribution in [2.75, 3.05) is 36.4 Å². The zero-order chi connectivity index (χ0) is 20.5. The Hall–Kier alpha value is -2.76. The molecule has 0 radical (unpaired) electrons. The van der Waals surface area contributed by atoms with Crippen LogP contribution in [-0.2, 0) is 4.79 Å². The molecule has 2 aromatic rings. The number of hydrogen-bond donors (Lipinski definition) is 1. The molecule has 30 heavy (non-hydrogen) atoms. The van der Waals surface area contributed by atoms with Gasteiger partial charge >= 0.3 is 0 Å². The number of piperazine rings is 1. The van der Waals surface area contributed by atoms with Crippen LogP contribution in [0.3, 0.4) is 0 Å². The fourth-order valence-corrected chi connectivity index (χ4v) is 5.39. The van der Waals surface area contributed by atoms with Gasteiger partial charge in [0.1, 0.15) is 5.82 Å². The summed E-state index contributed by atoms with van der Waals surface area (Å²) in [5, 5.41) is 8.05. The Labute approximate surface area is 178 Å². The van der Waals surface area contributed by atoms with Gasteiger partial charge in [-0.2, -0.15) is 5.10 Å². The number of fused-ring (bicyclic) bond motifs is 1. The lowest BCUT2D eigenvalue weighted by Gasteiger charge is -2.40. The first-order valence-corrected chi connectivity index (χ1v) is 11.3. The highest BCUT2D eigenvalue weighted by Crippen LogP contribution is 2.42. The molecule has 2 aliphatic heterocycles. The van der Waals surface area contributed by atoms with Gasteiger partial charge in [-0.1, -0.05) is 37.5 Å². The van der Waals surface area contributed by atoms with Crippen LogP contribution in [0, 0.1) is 5.92 Å². The summed E-state index contributed by atoms with van der Waals surface area (Å²) in [4.78, 5) is 18.2. The monoisotopic (exact) mass is 405 g/mol. The van der Waals surface area contributed by atoms with Crippen molar-refractivity contribution in [1.82, 2.24) is 14.7 Å². The lowest BCUT2D eigenvalue weighted by molar-refractivity contribution is -0.128. The summed E-state index contributed by atoms with van der Waals surface area (Å²) in [6, 6.07) is 12.6. The van der Waals surface area contributed by atoms with E-state index in [4.69, 9.17) is 0 Å². The number of nitrogens with one attached hydrogen (secondary N) is 1. The third kappa shape index (κ3) is 3.48. The smallest absolute Gasteiger partial charge is 0.253 e. The summed E-state index contributed by atoms with van der Waals surface area (Å²) in [5.74, 6) is 1.68. The third-order valence-corrected chi connectivity index (χ3v) is 6.96. The van der Waals surface area contributed by atoms with E-state index in [0.29, 0.717) is 5.92 Å². The number of rotatable bonds is 3. The lowest BCUT2D eigenvalue weighted by Crippen LogP contribution is -2.50. The lowest BCUT2D eigenvalue weighted by atomic mass is 9.79. The van der Waals surface area contributed by atoms with E-state index < -0.39 is 0 Å². The number of amides is 1. The predicted octanol–water partition coefficient (Wildman–Crippen LogP) is 4.05. The molecule has 1 amide bonds. The normalized spacial score (nSPS) is 22.6. The highest BCUT2D eigenvalue weighted by molar-refractivity contribution is 5.96. The van der Waals surface area contributed by atoms with Gasteiger partial charge in [0, 0.05) is 43.6 Å². The molecule has 2 fully saturated rings. The van der Waals surface area contributed by atoms with Crippen molar-refractivity contribution < 1.29 is 4.79 Å². The van der Waals surface area contributed by atoms with Crippen LogP contribution in [0.2, 0.25) is 0 Å². The Bertz CT molecular complexity index is 920. The molecule has 1 saturated carbocycles. The maximum atomic E-state index is 13.8. The number of allylic oxidation sites excluding steroid dienone is 1. The highest BCUT2D eigenvalue weighted by atomic mass is 16.2. The van der Waals surface area contributed by atoms with Gasteiger partial charge in [0.05, 0.1) is 17.8 Å². The Kier molecular flexibility index (Phi) is 5.23. The van der Waals surface area contributed by atoms with Crippen molar-refractivity contribution in [3.05, 3.63) is 53.9 Å². The summed E-state index contributed by atoms with van der Waals surface area (Å²) >= 11 is 0. The zero-order valence-electron chi connectivity index (χ0n) is 17.8. The molecule has 1 saturated heterocycles. The maximum absolute atomic E-state index is 13.8. The van der Waals surface area contributed by atoms with E-state index in [1.165, 1.54) is 37.8 Å². The largest absolute Gasteiger partial charge is 0.368 e. The third-order valence-electron chi connectivity index (χ3n) is 6.96. The zero-order valence-corrected chi connectivity index (χ0v) is 17.8. The van der Waals surface area contributed by atoms with Crippen LogP contribution in [0.4, 0.5) is 11.5 Å². The van der Waals surface area contributed by atoms with Gasteiger partial charge in [0.15, 0.2) is 0 Å². The minimum absolute atomic E-state index is 0.0520. The highest BCUT2D eigenvalue weighted by Gasteiger charge is 2.39. The summed E-state index contributed by atoms with van der Waals surface area (Å²) in [5.41, 5.74) is 3.15. The van der Waals surface area contributed by atoms with Gasteiger partial charge in [-0.15, -0.1) is 0 Å². The fourth-order valence-electron chi connectivity index (χ4n) is 5.39. The first-order valence-electron chi connectivity index (χ1n) is 11.3. The molecule has 1 aliphatic carbocycles. The van der Waals surface area contributed by atoms with E-state index >= 15 is 0 Å². The summed E-state index contributed by atoms with van der Waals surface area (Å²) < 4.78 is 2.07. The number of nitrogens with zero attached hydrogens (tertiary/aromatic N) is 4. The molecule has 158 valence electrons. The summed E-state index contributed by atoms with van der Waals surface area (Å²) in [6.07, 6.45) is 8.01. The van der Waals surface area contributed by atoms with Crippen LogP contribution < -0.4 is 10.2 Å². The Morgan fingerprint density at radius 1 is 1.00 bits per heavy atom. The second-order valence-electron chi connectivity index (χ2n) is 8.78. The van der Waals surface area contributed by atoms with E-state index in [0.717, 1.165) is 43.3 Å². The molecule has 6 nitrogen and oxygen atoms in total. The second-order valence-corrected chi connectivity index (χ2v) is 8.78. The van der Waals surface area contributed by atoms with E-state index in [2.05, 4.69) is 51.2 Å². The van der Waals surface area contributed by atoms with Gasteiger partial charge in [-0.05, 0) is 37.8 Å². The molecular weight excluding hydrogens is 374 g/mol. The number of carbonyl (C=O) groups is 1. The average Bonchev–Trinajstić information content (AvgIpc) is 3.27. The maximum Gasteiger partial charge on any atom is 0.253 e. The molecule has 3 aliphatic rings. The van der Waals surface area contributed by atoms with E-state index in [1.54, 1.807) is 0 Å². The molecule has 0 spiro atoms. The van der Waals surface area contributed by atoms with Crippen LogP contribution in [0.1, 0.15) is 45.1 Å². The van der Waals surface area contributed by atoms with E-state index in [9.17, 15) is 4.79 Å². The van der Waals surface area contributed by atoms with Crippen molar-refractivity contribution in [2.45, 2.75) is 45.1 Å². The molecule has 1 aromatic heterocycles. The summed E-state index contributed by atoms with van der Waals surface area (Å²) in [6.45, 7) is 5.31. The van der Waals surface area contributed by atoms with Crippen LogP contribution in [0.5, 0.6) is 0 Å².